The molecular weight excluding hydrogens is 636 g/mol. The maximum Gasteiger partial charge on any atom is 0.313 e. The summed E-state index contributed by atoms with van der Waals surface area (Å²) < 4.78 is 18.4. The molecule has 5 aliphatic heterocycles. The van der Waals surface area contributed by atoms with Gasteiger partial charge in [-0.2, -0.15) is 0 Å². The van der Waals surface area contributed by atoms with E-state index in [9.17, 15) is 24.3 Å². The summed E-state index contributed by atoms with van der Waals surface area (Å²) in [5, 5.41) is 13.4. The van der Waals surface area contributed by atoms with E-state index in [1.807, 2.05) is 26.0 Å². The minimum atomic E-state index is -1.40. The molecular formula is C31H45BrN4O8. The zero-order chi connectivity index (χ0) is 31.6. The van der Waals surface area contributed by atoms with Gasteiger partial charge >= 0.3 is 5.97 Å². The van der Waals surface area contributed by atoms with Crippen molar-refractivity contribution in [3.05, 3.63) is 22.7 Å². The molecule has 12 nitrogen and oxygen atoms in total. The van der Waals surface area contributed by atoms with Crippen LogP contribution in [0.15, 0.2) is 22.7 Å². The van der Waals surface area contributed by atoms with Crippen LogP contribution in [0.1, 0.15) is 40.0 Å². The summed E-state index contributed by atoms with van der Waals surface area (Å²) in [6.07, 6.45) is 5.35. The number of aliphatic hydroxyl groups excluding tert-OH is 1. The van der Waals surface area contributed by atoms with Crippen LogP contribution in [0.2, 0.25) is 0 Å². The van der Waals surface area contributed by atoms with Crippen molar-refractivity contribution in [2.75, 3.05) is 59.1 Å². The fraction of sp³-hybridized carbons (Fsp3) is 0.742. The predicted molar refractivity (Wildman–Crippen MR) is 163 cm³/mol. The fourth-order valence-corrected chi connectivity index (χ4v) is 7.90. The van der Waals surface area contributed by atoms with E-state index < -0.39 is 53.6 Å². The molecule has 2 N–H and O–H groups in total. The molecule has 5 aliphatic rings. The molecule has 3 fully saturated rings. The van der Waals surface area contributed by atoms with Crippen LogP contribution in [0, 0.1) is 17.8 Å². The van der Waals surface area contributed by atoms with Gasteiger partial charge in [0, 0.05) is 43.6 Å². The summed E-state index contributed by atoms with van der Waals surface area (Å²) in [6, 6.07) is -1.72. The Morgan fingerprint density at radius 2 is 1.86 bits per heavy atom. The van der Waals surface area contributed by atoms with E-state index in [1.165, 1.54) is 4.90 Å². The van der Waals surface area contributed by atoms with Gasteiger partial charge < -0.3 is 34.4 Å². The first-order valence-electron chi connectivity index (χ1n) is 15.8. The number of aliphatic hydroxyl groups is 1. The topological polar surface area (TPSA) is 138 Å². The van der Waals surface area contributed by atoms with Crippen LogP contribution in [0.5, 0.6) is 0 Å². The number of ether oxygens (including phenoxy) is 3. The molecule has 244 valence electrons. The van der Waals surface area contributed by atoms with Crippen LogP contribution in [-0.2, 0) is 33.4 Å². The van der Waals surface area contributed by atoms with Crippen molar-refractivity contribution in [3.8, 4) is 0 Å². The summed E-state index contributed by atoms with van der Waals surface area (Å²) in [6.45, 7) is 9.56. The first-order valence-corrected chi connectivity index (χ1v) is 16.6. The SMILES string of the molecule is CC(C)C[C@H](CO)N1C(=O)[C@@H]2[C@H]3C(=O)O[C@@H](C)CNC(=O)CC/C=C\CN(CCN4CCOCC4)C(=O)[C@@H]1[C@]21C=C(Br)[C@H]3O1. The number of hydrogen-bond donors (Lipinski definition) is 2. The second kappa shape index (κ2) is 14.0. The molecule has 3 amide bonds. The number of nitrogens with zero attached hydrogens (tertiary/aromatic N) is 3. The number of rotatable bonds is 7. The van der Waals surface area contributed by atoms with Crippen LogP contribution in [-0.4, -0.2) is 132 Å². The summed E-state index contributed by atoms with van der Waals surface area (Å²) in [7, 11) is 0. The van der Waals surface area contributed by atoms with Gasteiger partial charge in [0.2, 0.25) is 17.7 Å². The molecule has 5 heterocycles. The molecule has 3 saturated heterocycles. The maximum atomic E-state index is 14.8. The Morgan fingerprint density at radius 3 is 2.57 bits per heavy atom. The van der Waals surface area contributed by atoms with Gasteiger partial charge in [-0.1, -0.05) is 41.9 Å². The summed E-state index contributed by atoms with van der Waals surface area (Å²) >= 11 is 3.57. The van der Waals surface area contributed by atoms with Gasteiger partial charge in [0.15, 0.2) is 0 Å². The minimum Gasteiger partial charge on any atom is -0.460 e. The fourth-order valence-electron chi connectivity index (χ4n) is 7.17. The number of carbonyl (C=O) groups is 4. The number of morpholine rings is 1. The molecule has 5 bridgehead atoms. The van der Waals surface area contributed by atoms with E-state index in [4.69, 9.17) is 14.2 Å². The first-order chi connectivity index (χ1) is 21.1. The van der Waals surface area contributed by atoms with Crippen molar-refractivity contribution in [2.24, 2.45) is 17.8 Å². The number of fused-ring (bicyclic) bond motifs is 2. The largest absolute Gasteiger partial charge is 0.460 e. The third-order valence-corrected chi connectivity index (χ3v) is 9.93. The van der Waals surface area contributed by atoms with E-state index in [0.29, 0.717) is 43.6 Å². The Morgan fingerprint density at radius 1 is 1.11 bits per heavy atom. The number of esters is 1. The van der Waals surface area contributed by atoms with Gasteiger partial charge in [-0.25, -0.2) is 0 Å². The molecule has 0 aromatic heterocycles. The summed E-state index contributed by atoms with van der Waals surface area (Å²) in [5.41, 5.74) is -1.40. The van der Waals surface area contributed by atoms with E-state index in [0.717, 1.165) is 13.1 Å². The number of cyclic esters (lactones) is 1. The molecule has 0 aromatic carbocycles. The second-order valence-corrected chi connectivity index (χ2v) is 13.8. The highest BCUT2D eigenvalue weighted by Gasteiger charge is 2.75. The summed E-state index contributed by atoms with van der Waals surface area (Å²) in [4.78, 5) is 60.9. The molecule has 13 heteroatoms. The van der Waals surface area contributed by atoms with Gasteiger partial charge in [0.1, 0.15) is 29.8 Å². The van der Waals surface area contributed by atoms with Gasteiger partial charge in [-0.15, -0.1) is 0 Å². The quantitative estimate of drug-likeness (QED) is 0.296. The van der Waals surface area contributed by atoms with Crippen LogP contribution < -0.4 is 5.32 Å². The molecule has 0 saturated carbocycles. The molecule has 5 rings (SSSR count). The van der Waals surface area contributed by atoms with Crippen molar-refractivity contribution in [3.63, 3.8) is 0 Å². The Kier molecular flexibility index (Phi) is 10.5. The zero-order valence-electron chi connectivity index (χ0n) is 25.8. The number of carbonyl (C=O) groups excluding carboxylic acids is 4. The lowest BCUT2D eigenvalue weighted by Crippen LogP contribution is -2.59. The van der Waals surface area contributed by atoms with E-state index in [2.05, 4.69) is 26.1 Å². The Hall–Kier alpha value is -2.32. The number of likely N-dealkylation sites (tertiary alicyclic amines) is 1. The number of halogens is 1. The lowest BCUT2D eigenvalue weighted by molar-refractivity contribution is -0.159. The van der Waals surface area contributed by atoms with Crippen molar-refractivity contribution in [1.29, 1.82) is 0 Å². The standard InChI is InChI=1S/C31H45BrN4O8/c1-19(2)15-21(18-37)36-27-29(40)35(10-9-34-11-13-42-14-12-34)8-6-4-5-7-23(38)33-17-20(3)43-30(41)24-25(28(36)39)31(27)16-22(32)26(24)44-31/h4,6,16,19-21,24-27,37H,5,7-15,17-18H2,1-3H3,(H,33,38)/b6-4-/t20-,21+,24+,25-,26+,27+,31-/m0/s1. The lowest BCUT2D eigenvalue weighted by atomic mass is 9.74. The molecule has 0 aromatic rings. The zero-order valence-corrected chi connectivity index (χ0v) is 27.4. The average molecular weight is 682 g/mol. The van der Waals surface area contributed by atoms with Crippen LogP contribution in [0.3, 0.4) is 0 Å². The average Bonchev–Trinajstić information content (AvgIpc) is 3.59. The van der Waals surface area contributed by atoms with Gasteiger partial charge in [0.05, 0.1) is 38.3 Å². The van der Waals surface area contributed by atoms with Gasteiger partial charge in [-0.3, -0.25) is 24.1 Å². The van der Waals surface area contributed by atoms with Gasteiger partial charge in [-0.05, 0) is 31.8 Å². The highest BCUT2D eigenvalue weighted by atomic mass is 79.9. The third-order valence-electron chi connectivity index (χ3n) is 9.25. The highest BCUT2D eigenvalue weighted by Crippen LogP contribution is 2.59. The van der Waals surface area contributed by atoms with E-state index >= 15 is 0 Å². The predicted octanol–water partition coefficient (Wildman–Crippen LogP) is 0.825. The second-order valence-electron chi connectivity index (χ2n) is 12.8. The highest BCUT2D eigenvalue weighted by molar-refractivity contribution is 9.11. The minimum absolute atomic E-state index is 0.135. The van der Waals surface area contributed by atoms with Crippen molar-refractivity contribution >= 4 is 39.6 Å². The molecule has 0 unspecified atom stereocenters. The molecule has 7 atom stereocenters. The lowest BCUT2D eigenvalue weighted by Gasteiger charge is -2.39. The maximum absolute atomic E-state index is 14.8. The Bertz CT molecular complexity index is 1170. The van der Waals surface area contributed by atoms with Crippen LogP contribution >= 0.6 is 15.9 Å². The third kappa shape index (κ3) is 6.48. The monoisotopic (exact) mass is 680 g/mol. The number of hydrogen-bond acceptors (Lipinski definition) is 9. The first kappa shape index (κ1) is 33.1. The van der Waals surface area contributed by atoms with Gasteiger partial charge in [0.25, 0.3) is 0 Å². The Labute approximate surface area is 267 Å². The van der Waals surface area contributed by atoms with Crippen molar-refractivity contribution in [2.45, 2.75) is 69.9 Å². The number of amides is 3. The molecule has 44 heavy (non-hydrogen) atoms. The summed E-state index contributed by atoms with van der Waals surface area (Å²) in [5.74, 6) is -3.33. The van der Waals surface area contributed by atoms with Crippen LogP contribution in [0.25, 0.3) is 0 Å². The molecule has 0 aliphatic carbocycles. The number of allylic oxidation sites excluding steroid dienone is 1. The molecule has 0 radical (unpaired) electrons. The van der Waals surface area contributed by atoms with Crippen molar-refractivity contribution < 1.29 is 38.5 Å². The van der Waals surface area contributed by atoms with Crippen molar-refractivity contribution in [1.82, 2.24) is 20.0 Å². The Balaban J connectivity index is 1.56. The number of nitrogens with one attached hydrogen (secondary N) is 1. The molecule has 1 spiro atoms. The van der Waals surface area contributed by atoms with Crippen LogP contribution in [0.4, 0.5) is 0 Å². The normalized spacial score (nSPS) is 35.0. The van der Waals surface area contributed by atoms with E-state index in [-0.39, 0.29) is 43.8 Å². The smallest absolute Gasteiger partial charge is 0.313 e. The van der Waals surface area contributed by atoms with E-state index in [1.54, 1.807) is 17.9 Å².